The Labute approximate surface area is 97.3 Å². The van der Waals surface area contributed by atoms with Crippen molar-refractivity contribution in [2.24, 2.45) is 5.73 Å². The number of aryl methyl sites for hydroxylation is 1. The highest BCUT2D eigenvalue weighted by molar-refractivity contribution is 5.23. The van der Waals surface area contributed by atoms with Gasteiger partial charge in [-0.3, -0.25) is 0 Å². The molecule has 2 nitrogen and oxygen atoms in total. The summed E-state index contributed by atoms with van der Waals surface area (Å²) in [7, 11) is 1.95. The standard InChI is InChI=1S/C13H21FN2/c1-10-5-6-12(14)11(7-10)8-16(4)9-13(2,3)15/h5-7H,8-9,15H2,1-4H3. The van der Waals surface area contributed by atoms with Crippen molar-refractivity contribution >= 4 is 0 Å². The molecule has 0 aliphatic rings. The summed E-state index contributed by atoms with van der Waals surface area (Å²) in [5.41, 5.74) is 7.48. The van der Waals surface area contributed by atoms with Gasteiger partial charge in [0.25, 0.3) is 0 Å². The molecule has 1 aromatic rings. The highest BCUT2D eigenvalue weighted by Crippen LogP contribution is 2.13. The summed E-state index contributed by atoms with van der Waals surface area (Å²) in [6.07, 6.45) is 0. The zero-order chi connectivity index (χ0) is 12.3. The topological polar surface area (TPSA) is 29.3 Å². The molecule has 0 atom stereocenters. The van der Waals surface area contributed by atoms with Crippen LogP contribution in [0.5, 0.6) is 0 Å². The third-order valence-electron chi connectivity index (χ3n) is 2.32. The molecule has 2 N–H and O–H groups in total. The van der Waals surface area contributed by atoms with Crippen molar-refractivity contribution in [2.75, 3.05) is 13.6 Å². The second kappa shape index (κ2) is 4.93. The van der Waals surface area contributed by atoms with Gasteiger partial charge in [0.05, 0.1) is 0 Å². The monoisotopic (exact) mass is 224 g/mol. The van der Waals surface area contributed by atoms with Crippen LogP contribution >= 0.6 is 0 Å². The van der Waals surface area contributed by atoms with Gasteiger partial charge >= 0.3 is 0 Å². The fourth-order valence-corrected chi connectivity index (χ4v) is 1.87. The predicted molar refractivity (Wildman–Crippen MR) is 65.7 cm³/mol. The van der Waals surface area contributed by atoms with Crippen molar-refractivity contribution in [1.29, 1.82) is 0 Å². The first-order valence-corrected chi connectivity index (χ1v) is 5.50. The Hall–Kier alpha value is -0.930. The Balaban J connectivity index is 2.69. The van der Waals surface area contributed by atoms with Crippen molar-refractivity contribution in [3.8, 4) is 0 Å². The van der Waals surface area contributed by atoms with Gasteiger partial charge in [0.2, 0.25) is 0 Å². The fraction of sp³-hybridized carbons (Fsp3) is 0.538. The lowest BCUT2D eigenvalue weighted by Crippen LogP contribution is -2.43. The number of benzene rings is 1. The SMILES string of the molecule is Cc1ccc(F)c(CN(C)CC(C)(C)N)c1. The van der Waals surface area contributed by atoms with Crippen LogP contribution in [0.15, 0.2) is 18.2 Å². The van der Waals surface area contributed by atoms with E-state index in [0.29, 0.717) is 6.54 Å². The quantitative estimate of drug-likeness (QED) is 0.850. The molecule has 0 amide bonds. The van der Waals surface area contributed by atoms with Crippen molar-refractivity contribution in [1.82, 2.24) is 4.90 Å². The van der Waals surface area contributed by atoms with E-state index in [-0.39, 0.29) is 11.4 Å². The molecule has 0 aliphatic carbocycles. The van der Waals surface area contributed by atoms with Gasteiger partial charge in [0, 0.05) is 24.2 Å². The Morgan fingerprint density at radius 1 is 1.38 bits per heavy atom. The first-order valence-electron chi connectivity index (χ1n) is 5.50. The molecular weight excluding hydrogens is 203 g/mol. The van der Waals surface area contributed by atoms with Crippen LogP contribution in [0.2, 0.25) is 0 Å². The van der Waals surface area contributed by atoms with Gasteiger partial charge in [0.1, 0.15) is 5.82 Å². The molecule has 16 heavy (non-hydrogen) atoms. The van der Waals surface area contributed by atoms with Crippen LogP contribution in [-0.2, 0) is 6.54 Å². The van der Waals surface area contributed by atoms with Gasteiger partial charge in [-0.1, -0.05) is 17.7 Å². The molecule has 0 aliphatic heterocycles. The van der Waals surface area contributed by atoms with Crippen molar-refractivity contribution in [2.45, 2.75) is 32.9 Å². The molecule has 0 bridgehead atoms. The number of likely N-dealkylation sites (N-methyl/N-ethyl adjacent to an activating group) is 1. The number of halogens is 1. The minimum Gasteiger partial charge on any atom is -0.324 e. The molecule has 0 spiro atoms. The second-order valence-electron chi connectivity index (χ2n) is 5.26. The second-order valence-corrected chi connectivity index (χ2v) is 5.26. The van der Waals surface area contributed by atoms with Crippen LogP contribution in [0.3, 0.4) is 0 Å². The molecular formula is C13H21FN2. The van der Waals surface area contributed by atoms with Gasteiger partial charge in [-0.25, -0.2) is 4.39 Å². The minimum absolute atomic E-state index is 0.146. The normalized spacial score (nSPS) is 12.2. The highest BCUT2D eigenvalue weighted by atomic mass is 19.1. The van der Waals surface area contributed by atoms with Crippen molar-refractivity contribution in [3.05, 3.63) is 35.1 Å². The fourth-order valence-electron chi connectivity index (χ4n) is 1.87. The van der Waals surface area contributed by atoms with Crippen LogP contribution in [0.25, 0.3) is 0 Å². The van der Waals surface area contributed by atoms with Gasteiger partial charge in [-0.15, -0.1) is 0 Å². The summed E-state index contributed by atoms with van der Waals surface area (Å²) < 4.78 is 13.5. The maximum atomic E-state index is 13.5. The summed E-state index contributed by atoms with van der Waals surface area (Å²) >= 11 is 0. The Kier molecular flexibility index (Phi) is 4.05. The first-order chi connectivity index (χ1) is 7.28. The Morgan fingerprint density at radius 2 is 2.00 bits per heavy atom. The van der Waals surface area contributed by atoms with Crippen molar-refractivity contribution in [3.63, 3.8) is 0 Å². The van der Waals surface area contributed by atoms with Crippen LogP contribution in [0.4, 0.5) is 4.39 Å². The number of nitrogens with two attached hydrogens (primary N) is 1. The van der Waals surface area contributed by atoms with E-state index in [1.807, 2.05) is 38.8 Å². The lowest BCUT2D eigenvalue weighted by atomic mass is 10.1. The van der Waals surface area contributed by atoms with E-state index in [2.05, 4.69) is 0 Å². The van der Waals surface area contributed by atoms with Crippen LogP contribution in [0.1, 0.15) is 25.0 Å². The molecule has 90 valence electrons. The molecule has 0 saturated heterocycles. The maximum absolute atomic E-state index is 13.5. The molecule has 1 rings (SSSR count). The summed E-state index contributed by atoms with van der Waals surface area (Å²) in [6, 6.07) is 5.19. The third kappa shape index (κ3) is 4.29. The summed E-state index contributed by atoms with van der Waals surface area (Å²) in [6.45, 7) is 7.23. The Bertz CT molecular complexity index is 355. The van der Waals surface area contributed by atoms with E-state index in [1.54, 1.807) is 6.07 Å². The molecule has 0 aromatic heterocycles. The van der Waals surface area contributed by atoms with E-state index < -0.39 is 0 Å². The summed E-state index contributed by atoms with van der Waals surface area (Å²) in [4.78, 5) is 2.04. The summed E-state index contributed by atoms with van der Waals surface area (Å²) in [5, 5.41) is 0. The third-order valence-corrected chi connectivity index (χ3v) is 2.32. The van der Waals surface area contributed by atoms with Crippen LogP contribution < -0.4 is 5.73 Å². The number of hydrogen-bond acceptors (Lipinski definition) is 2. The van der Waals surface area contributed by atoms with Gasteiger partial charge in [0.15, 0.2) is 0 Å². The van der Waals surface area contributed by atoms with E-state index in [9.17, 15) is 4.39 Å². The predicted octanol–water partition coefficient (Wildman–Crippen LogP) is 2.30. The van der Waals surface area contributed by atoms with E-state index in [4.69, 9.17) is 5.73 Å². The summed E-state index contributed by atoms with van der Waals surface area (Å²) in [5.74, 6) is -0.146. The van der Waals surface area contributed by atoms with E-state index >= 15 is 0 Å². The lowest BCUT2D eigenvalue weighted by molar-refractivity contribution is 0.260. The average Bonchev–Trinajstić information content (AvgIpc) is 2.08. The maximum Gasteiger partial charge on any atom is 0.127 e. The van der Waals surface area contributed by atoms with Crippen LogP contribution in [0, 0.1) is 12.7 Å². The van der Waals surface area contributed by atoms with E-state index in [1.165, 1.54) is 6.07 Å². The number of hydrogen-bond donors (Lipinski definition) is 1. The molecule has 1 aromatic carbocycles. The largest absolute Gasteiger partial charge is 0.324 e. The average molecular weight is 224 g/mol. The molecule has 0 fully saturated rings. The van der Waals surface area contributed by atoms with E-state index in [0.717, 1.165) is 17.7 Å². The molecule has 0 heterocycles. The van der Waals surface area contributed by atoms with Gasteiger partial charge in [-0.2, -0.15) is 0 Å². The Morgan fingerprint density at radius 3 is 2.56 bits per heavy atom. The van der Waals surface area contributed by atoms with Gasteiger partial charge in [-0.05, 0) is 33.9 Å². The minimum atomic E-state index is -0.255. The number of nitrogens with zero attached hydrogens (tertiary/aromatic N) is 1. The molecule has 3 heteroatoms. The first kappa shape index (κ1) is 13.1. The van der Waals surface area contributed by atoms with Crippen LogP contribution in [-0.4, -0.2) is 24.0 Å². The van der Waals surface area contributed by atoms with Gasteiger partial charge < -0.3 is 10.6 Å². The zero-order valence-corrected chi connectivity index (χ0v) is 10.5. The zero-order valence-electron chi connectivity index (χ0n) is 10.5. The molecule has 0 saturated carbocycles. The smallest absolute Gasteiger partial charge is 0.127 e. The lowest BCUT2D eigenvalue weighted by Gasteiger charge is -2.26. The molecule has 0 unspecified atom stereocenters. The number of rotatable bonds is 4. The van der Waals surface area contributed by atoms with Crippen molar-refractivity contribution < 1.29 is 4.39 Å². The highest BCUT2D eigenvalue weighted by Gasteiger charge is 2.15. The molecule has 0 radical (unpaired) electrons.